The highest BCUT2D eigenvalue weighted by Crippen LogP contribution is 2.20. The van der Waals surface area contributed by atoms with E-state index in [1.54, 1.807) is 25.5 Å². The predicted molar refractivity (Wildman–Crippen MR) is 107 cm³/mol. The first-order valence-corrected chi connectivity index (χ1v) is 9.43. The molecule has 0 aliphatic carbocycles. The number of aliphatic imine (C=N–C) groups is 1. The molecule has 1 aromatic heterocycles. The van der Waals surface area contributed by atoms with Crippen molar-refractivity contribution in [3.63, 3.8) is 0 Å². The quantitative estimate of drug-likeness (QED) is 0.421. The molecular weight excluding hydrogens is 348 g/mol. The van der Waals surface area contributed by atoms with Gasteiger partial charge in [-0.1, -0.05) is 12.1 Å². The van der Waals surface area contributed by atoms with Crippen LogP contribution in [0.2, 0.25) is 0 Å². The molecular formula is C19H28N4O2S. The van der Waals surface area contributed by atoms with Crippen molar-refractivity contribution in [2.75, 3.05) is 27.4 Å². The summed E-state index contributed by atoms with van der Waals surface area (Å²) in [6.07, 6.45) is 0. The van der Waals surface area contributed by atoms with Crippen molar-refractivity contribution in [1.29, 1.82) is 0 Å². The van der Waals surface area contributed by atoms with Gasteiger partial charge in [-0.25, -0.2) is 4.98 Å². The lowest BCUT2D eigenvalue weighted by atomic mass is 10.1. The van der Waals surface area contributed by atoms with Crippen LogP contribution < -0.4 is 15.4 Å². The molecule has 142 valence electrons. The van der Waals surface area contributed by atoms with Crippen LogP contribution in [-0.4, -0.2) is 38.3 Å². The van der Waals surface area contributed by atoms with Crippen molar-refractivity contribution in [3.8, 4) is 5.75 Å². The molecule has 0 aliphatic heterocycles. The van der Waals surface area contributed by atoms with E-state index in [2.05, 4.69) is 46.6 Å². The first-order valence-electron chi connectivity index (χ1n) is 8.62. The van der Waals surface area contributed by atoms with Crippen LogP contribution in [0.4, 0.5) is 0 Å². The summed E-state index contributed by atoms with van der Waals surface area (Å²) >= 11 is 1.71. The molecule has 0 aliphatic rings. The van der Waals surface area contributed by atoms with Gasteiger partial charge >= 0.3 is 0 Å². The maximum Gasteiger partial charge on any atom is 0.191 e. The number of guanidine groups is 1. The first kappa shape index (κ1) is 20.2. The first-order chi connectivity index (χ1) is 12.5. The van der Waals surface area contributed by atoms with Crippen molar-refractivity contribution in [2.45, 2.75) is 33.9 Å². The maximum absolute atomic E-state index is 5.84. The van der Waals surface area contributed by atoms with Gasteiger partial charge in [0, 0.05) is 31.1 Å². The molecule has 2 rings (SSSR count). The van der Waals surface area contributed by atoms with E-state index < -0.39 is 0 Å². The van der Waals surface area contributed by atoms with Crippen molar-refractivity contribution in [2.24, 2.45) is 4.99 Å². The van der Waals surface area contributed by atoms with E-state index in [9.17, 15) is 0 Å². The Bertz CT molecular complexity index is 724. The molecule has 0 bridgehead atoms. The van der Waals surface area contributed by atoms with Gasteiger partial charge in [0.25, 0.3) is 0 Å². The largest absolute Gasteiger partial charge is 0.491 e. The average molecular weight is 377 g/mol. The lowest BCUT2D eigenvalue weighted by Gasteiger charge is -2.15. The highest BCUT2D eigenvalue weighted by atomic mass is 32.1. The Labute approximate surface area is 159 Å². The van der Waals surface area contributed by atoms with E-state index in [1.807, 2.05) is 13.0 Å². The number of aromatic nitrogens is 1. The number of thiazole rings is 1. The second-order valence-electron chi connectivity index (χ2n) is 5.98. The Balaban J connectivity index is 1.92. The molecule has 1 aromatic carbocycles. The van der Waals surface area contributed by atoms with Crippen LogP contribution in [-0.2, 0) is 17.8 Å². The van der Waals surface area contributed by atoms with Gasteiger partial charge in [-0.3, -0.25) is 4.99 Å². The van der Waals surface area contributed by atoms with E-state index >= 15 is 0 Å². The average Bonchev–Trinajstić information content (AvgIpc) is 2.94. The third-order valence-corrected chi connectivity index (χ3v) is 4.99. The van der Waals surface area contributed by atoms with Gasteiger partial charge in [-0.15, -0.1) is 11.3 Å². The van der Waals surface area contributed by atoms with Crippen LogP contribution in [0.1, 0.15) is 26.7 Å². The Morgan fingerprint density at radius 3 is 2.58 bits per heavy atom. The van der Waals surface area contributed by atoms with Gasteiger partial charge in [0.15, 0.2) is 5.96 Å². The zero-order valence-corrected chi connectivity index (χ0v) is 17.0. The summed E-state index contributed by atoms with van der Waals surface area (Å²) in [5.41, 5.74) is 3.33. The molecule has 2 aromatic rings. The van der Waals surface area contributed by atoms with Gasteiger partial charge in [-0.05, 0) is 32.4 Å². The van der Waals surface area contributed by atoms with Crippen LogP contribution in [0.25, 0.3) is 0 Å². The van der Waals surface area contributed by atoms with Crippen molar-refractivity contribution in [3.05, 3.63) is 44.9 Å². The van der Waals surface area contributed by atoms with Crippen LogP contribution >= 0.6 is 11.3 Å². The van der Waals surface area contributed by atoms with Crippen LogP contribution in [0, 0.1) is 20.8 Å². The summed E-state index contributed by atoms with van der Waals surface area (Å²) in [4.78, 5) is 10.1. The number of rotatable bonds is 8. The molecule has 0 amide bonds. The third-order valence-electron chi connectivity index (χ3n) is 3.92. The number of methoxy groups -OCH3 is 1. The molecule has 0 saturated carbocycles. The van der Waals surface area contributed by atoms with E-state index in [0.29, 0.717) is 26.3 Å². The number of benzene rings is 1. The lowest BCUT2D eigenvalue weighted by Crippen LogP contribution is -2.36. The SMILES string of the molecule is CN=C(NCc1nc(C)c(C)s1)NCc1ccc(C)cc1OCCOC. The molecule has 1 heterocycles. The van der Waals surface area contributed by atoms with Crippen LogP contribution in [0.3, 0.4) is 0 Å². The molecule has 0 fully saturated rings. The highest BCUT2D eigenvalue weighted by molar-refractivity contribution is 7.11. The topological polar surface area (TPSA) is 67.8 Å². The summed E-state index contributed by atoms with van der Waals surface area (Å²) in [6.45, 7) is 8.55. The Morgan fingerprint density at radius 2 is 1.92 bits per heavy atom. The van der Waals surface area contributed by atoms with Gasteiger partial charge in [0.05, 0.1) is 18.8 Å². The van der Waals surface area contributed by atoms with Gasteiger partial charge in [0.2, 0.25) is 0 Å². The summed E-state index contributed by atoms with van der Waals surface area (Å²) in [5, 5.41) is 7.70. The normalized spacial score (nSPS) is 11.5. The Kier molecular flexibility index (Phi) is 7.87. The fraction of sp³-hybridized carbons (Fsp3) is 0.474. The minimum Gasteiger partial charge on any atom is -0.491 e. The van der Waals surface area contributed by atoms with E-state index in [-0.39, 0.29) is 0 Å². The summed E-state index contributed by atoms with van der Waals surface area (Å²) in [6, 6.07) is 6.20. The zero-order valence-electron chi connectivity index (χ0n) is 16.2. The number of hydrogen-bond donors (Lipinski definition) is 2. The van der Waals surface area contributed by atoms with Crippen molar-refractivity contribution < 1.29 is 9.47 Å². The summed E-state index contributed by atoms with van der Waals surface area (Å²) in [5.74, 6) is 1.61. The minimum atomic E-state index is 0.530. The number of nitrogens with zero attached hydrogens (tertiary/aromatic N) is 2. The van der Waals surface area contributed by atoms with E-state index in [1.165, 1.54) is 4.88 Å². The fourth-order valence-electron chi connectivity index (χ4n) is 2.35. The predicted octanol–water partition coefficient (Wildman–Crippen LogP) is 2.96. The van der Waals surface area contributed by atoms with E-state index in [0.717, 1.165) is 33.5 Å². The smallest absolute Gasteiger partial charge is 0.191 e. The van der Waals surface area contributed by atoms with E-state index in [4.69, 9.17) is 9.47 Å². The number of hydrogen-bond acceptors (Lipinski definition) is 5. The molecule has 0 atom stereocenters. The number of ether oxygens (including phenoxy) is 2. The summed E-state index contributed by atoms with van der Waals surface area (Å²) in [7, 11) is 3.43. The van der Waals surface area contributed by atoms with Crippen LogP contribution in [0.5, 0.6) is 5.75 Å². The van der Waals surface area contributed by atoms with Crippen LogP contribution in [0.15, 0.2) is 23.2 Å². The molecule has 0 spiro atoms. The Morgan fingerprint density at radius 1 is 1.15 bits per heavy atom. The van der Waals surface area contributed by atoms with Crippen molar-refractivity contribution in [1.82, 2.24) is 15.6 Å². The lowest BCUT2D eigenvalue weighted by molar-refractivity contribution is 0.145. The van der Waals surface area contributed by atoms with Gasteiger partial charge < -0.3 is 20.1 Å². The minimum absolute atomic E-state index is 0.530. The fourth-order valence-corrected chi connectivity index (χ4v) is 3.22. The number of aryl methyl sites for hydroxylation is 3. The molecule has 6 nitrogen and oxygen atoms in total. The second kappa shape index (κ2) is 10.1. The molecule has 0 saturated heterocycles. The third kappa shape index (κ3) is 6.00. The monoisotopic (exact) mass is 376 g/mol. The molecule has 7 heteroatoms. The zero-order chi connectivity index (χ0) is 18.9. The number of nitrogens with one attached hydrogen (secondary N) is 2. The molecule has 26 heavy (non-hydrogen) atoms. The molecule has 2 N–H and O–H groups in total. The van der Waals surface area contributed by atoms with Gasteiger partial charge in [0.1, 0.15) is 17.4 Å². The standard InChI is InChI=1S/C19H28N4O2S/c1-13-6-7-16(17(10-13)25-9-8-24-5)11-21-19(20-4)22-12-18-23-14(2)15(3)26-18/h6-7,10H,8-9,11-12H2,1-5H3,(H2,20,21,22). The van der Waals surface area contributed by atoms with Crippen molar-refractivity contribution >= 4 is 17.3 Å². The maximum atomic E-state index is 5.84. The highest BCUT2D eigenvalue weighted by Gasteiger charge is 2.08. The summed E-state index contributed by atoms with van der Waals surface area (Å²) < 4.78 is 10.9. The Hall–Kier alpha value is -2.12. The molecule has 0 radical (unpaired) electrons. The molecule has 0 unspecified atom stereocenters. The second-order valence-corrected chi connectivity index (χ2v) is 7.27. The van der Waals surface area contributed by atoms with Gasteiger partial charge in [-0.2, -0.15) is 0 Å².